The van der Waals surface area contributed by atoms with Crippen LogP contribution in [-0.2, 0) is 10.0 Å². The topological polar surface area (TPSA) is 105 Å². The molecule has 148 valence electrons. The maximum Gasteiger partial charge on any atom is 0.270 e. The lowest BCUT2D eigenvalue weighted by molar-refractivity contribution is -0.385. The zero-order valence-electron chi connectivity index (χ0n) is 14.9. The van der Waals surface area contributed by atoms with Gasteiger partial charge in [-0.15, -0.1) is 0 Å². The molecule has 0 aromatic heterocycles. The summed E-state index contributed by atoms with van der Waals surface area (Å²) in [6.07, 6.45) is 3.64. The molecule has 1 heterocycles. The molecule has 0 aliphatic carbocycles. The third kappa shape index (κ3) is 4.34. The number of benzene rings is 2. The molecule has 0 unspecified atom stereocenters. The van der Waals surface area contributed by atoms with E-state index in [1.807, 2.05) is 0 Å². The first-order valence-electron chi connectivity index (χ1n) is 8.72. The van der Waals surface area contributed by atoms with E-state index in [1.165, 1.54) is 34.8 Å². The summed E-state index contributed by atoms with van der Waals surface area (Å²) in [6.45, 7) is 0.728. The summed E-state index contributed by atoms with van der Waals surface area (Å²) in [5.74, 6) is -0.474. The molecule has 1 aliphatic heterocycles. The number of hydrazone groups is 1. The number of hydrogen-bond acceptors (Lipinski definition) is 6. The number of non-ortho nitro benzene ring substituents is 1. The van der Waals surface area contributed by atoms with Gasteiger partial charge in [-0.25, -0.2) is 12.8 Å². The number of piperidine rings is 1. The van der Waals surface area contributed by atoms with Crippen LogP contribution in [0, 0.1) is 15.9 Å². The Bertz CT molecular complexity index is 1000. The van der Waals surface area contributed by atoms with Crippen molar-refractivity contribution >= 4 is 27.6 Å². The first-order valence-corrected chi connectivity index (χ1v) is 10.2. The molecule has 0 bridgehead atoms. The molecule has 0 amide bonds. The molecule has 10 heteroatoms. The molecule has 0 atom stereocenters. The number of halogens is 1. The molecule has 0 spiro atoms. The molecule has 1 N–H and O–H groups in total. The fraction of sp³-hybridized carbons (Fsp3) is 0.278. The fourth-order valence-corrected chi connectivity index (χ4v) is 4.60. The highest BCUT2D eigenvalue weighted by Crippen LogP contribution is 2.30. The maximum absolute atomic E-state index is 13.7. The van der Waals surface area contributed by atoms with Crippen LogP contribution in [0.5, 0.6) is 0 Å². The van der Waals surface area contributed by atoms with Crippen LogP contribution in [0.2, 0.25) is 0 Å². The van der Waals surface area contributed by atoms with Gasteiger partial charge in [0.1, 0.15) is 10.7 Å². The van der Waals surface area contributed by atoms with Crippen LogP contribution < -0.4 is 5.43 Å². The number of nitrogens with one attached hydrogen (secondary N) is 1. The highest BCUT2D eigenvalue weighted by molar-refractivity contribution is 7.89. The lowest BCUT2D eigenvalue weighted by Crippen LogP contribution is -2.35. The number of nitro groups is 1. The number of sulfonamides is 1. The van der Waals surface area contributed by atoms with Crippen molar-refractivity contribution in [1.29, 1.82) is 0 Å². The molecule has 3 rings (SSSR count). The number of rotatable bonds is 6. The van der Waals surface area contributed by atoms with Crippen molar-refractivity contribution in [1.82, 2.24) is 4.31 Å². The lowest BCUT2D eigenvalue weighted by atomic mass is 10.2. The van der Waals surface area contributed by atoms with Crippen molar-refractivity contribution in [3.05, 3.63) is 64.0 Å². The first kappa shape index (κ1) is 19.9. The Labute approximate surface area is 161 Å². The smallest absolute Gasteiger partial charge is 0.270 e. The summed E-state index contributed by atoms with van der Waals surface area (Å²) in [5, 5.41) is 15.0. The number of nitro benzene ring substituents is 1. The molecule has 1 aliphatic rings. The second-order valence-corrected chi connectivity index (χ2v) is 8.20. The van der Waals surface area contributed by atoms with E-state index in [-0.39, 0.29) is 21.8 Å². The second kappa shape index (κ2) is 8.44. The van der Waals surface area contributed by atoms with E-state index in [0.717, 1.165) is 25.3 Å². The Kier molecular flexibility index (Phi) is 6.00. The van der Waals surface area contributed by atoms with Gasteiger partial charge in [0.05, 0.1) is 16.8 Å². The summed E-state index contributed by atoms with van der Waals surface area (Å²) in [4.78, 5) is 10.2. The van der Waals surface area contributed by atoms with E-state index in [9.17, 15) is 22.9 Å². The third-order valence-corrected chi connectivity index (χ3v) is 6.34. The van der Waals surface area contributed by atoms with E-state index >= 15 is 0 Å². The van der Waals surface area contributed by atoms with Crippen molar-refractivity contribution in [2.45, 2.75) is 24.2 Å². The summed E-state index contributed by atoms with van der Waals surface area (Å²) < 4.78 is 41.0. The van der Waals surface area contributed by atoms with Gasteiger partial charge in [-0.2, -0.15) is 9.41 Å². The summed E-state index contributed by atoms with van der Waals surface area (Å²) in [5.41, 5.74) is 2.55. The molecular weight excluding hydrogens is 387 g/mol. The maximum atomic E-state index is 13.7. The van der Waals surface area contributed by atoms with Crippen molar-refractivity contribution < 1.29 is 17.7 Å². The predicted molar refractivity (Wildman–Crippen MR) is 103 cm³/mol. The average molecular weight is 406 g/mol. The fourth-order valence-electron chi connectivity index (χ4n) is 2.93. The van der Waals surface area contributed by atoms with Crippen molar-refractivity contribution in [3.63, 3.8) is 0 Å². The molecular formula is C18H19FN4O4S. The minimum absolute atomic E-state index is 0.0868. The Hall–Kier alpha value is -2.85. The molecule has 0 saturated carbocycles. The van der Waals surface area contributed by atoms with Crippen LogP contribution in [0.1, 0.15) is 24.8 Å². The zero-order valence-corrected chi connectivity index (χ0v) is 15.7. The van der Waals surface area contributed by atoms with Gasteiger partial charge in [0.15, 0.2) is 0 Å². The Balaban J connectivity index is 1.94. The van der Waals surface area contributed by atoms with Gasteiger partial charge >= 0.3 is 0 Å². The van der Waals surface area contributed by atoms with Crippen LogP contribution >= 0.6 is 0 Å². The van der Waals surface area contributed by atoms with Gasteiger partial charge in [-0.3, -0.25) is 15.5 Å². The number of hydrogen-bond donors (Lipinski definition) is 1. The lowest BCUT2D eigenvalue weighted by Gasteiger charge is -2.26. The second-order valence-electron chi connectivity index (χ2n) is 6.29. The van der Waals surface area contributed by atoms with Crippen LogP contribution in [-0.4, -0.2) is 37.0 Å². The minimum atomic E-state index is -3.93. The van der Waals surface area contributed by atoms with Gasteiger partial charge in [-0.05, 0) is 25.0 Å². The van der Waals surface area contributed by atoms with Crippen LogP contribution in [0.3, 0.4) is 0 Å². The Morgan fingerprint density at radius 1 is 1.14 bits per heavy atom. The quantitative estimate of drug-likeness (QED) is 0.450. The summed E-state index contributed by atoms with van der Waals surface area (Å²) in [7, 11) is -3.93. The molecule has 28 heavy (non-hydrogen) atoms. The SMILES string of the molecule is O=[N+]([O-])c1ccc(N/N=C/c2ccccc2F)c(S(=O)(=O)N2CCCCC2)c1. The molecule has 0 radical (unpaired) electrons. The Morgan fingerprint density at radius 3 is 2.54 bits per heavy atom. The van der Waals surface area contributed by atoms with E-state index in [2.05, 4.69) is 10.5 Å². The molecule has 1 saturated heterocycles. The highest BCUT2D eigenvalue weighted by Gasteiger charge is 2.30. The van der Waals surface area contributed by atoms with Gasteiger partial charge in [-0.1, -0.05) is 24.6 Å². The summed E-state index contributed by atoms with van der Waals surface area (Å²) in [6, 6.07) is 9.47. The molecule has 2 aromatic rings. The summed E-state index contributed by atoms with van der Waals surface area (Å²) >= 11 is 0. The molecule has 8 nitrogen and oxygen atoms in total. The van der Waals surface area contributed by atoms with Crippen LogP contribution in [0.25, 0.3) is 0 Å². The largest absolute Gasteiger partial charge is 0.277 e. The normalized spacial score (nSPS) is 15.6. The van der Waals surface area contributed by atoms with Gasteiger partial charge in [0, 0.05) is 30.8 Å². The predicted octanol–water partition coefficient (Wildman–Crippen LogP) is 3.35. The van der Waals surface area contributed by atoms with Crippen LogP contribution in [0.15, 0.2) is 52.5 Å². The van der Waals surface area contributed by atoms with Gasteiger partial charge < -0.3 is 0 Å². The Morgan fingerprint density at radius 2 is 1.86 bits per heavy atom. The van der Waals surface area contributed by atoms with E-state index in [4.69, 9.17) is 0 Å². The minimum Gasteiger partial charge on any atom is -0.277 e. The standard InChI is InChI=1S/C18H19FN4O4S/c19-16-7-3-2-6-14(16)13-20-21-17-9-8-15(23(24)25)12-18(17)28(26,27)22-10-4-1-5-11-22/h2-3,6-9,12-13,21H,1,4-5,10-11H2/b20-13+. The molecule has 2 aromatic carbocycles. The third-order valence-electron chi connectivity index (χ3n) is 4.40. The number of anilines is 1. The van der Waals surface area contributed by atoms with Gasteiger partial charge in [0.25, 0.3) is 5.69 Å². The van der Waals surface area contributed by atoms with Gasteiger partial charge in [0.2, 0.25) is 10.0 Å². The van der Waals surface area contributed by atoms with Crippen molar-refractivity contribution in [2.75, 3.05) is 18.5 Å². The highest BCUT2D eigenvalue weighted by atomic mass is 32.2. The van der Waals surface area contributed by atoms with E-state index in [0.29, 0.717) is 13.1 Å². The van der Waals surface area contributed by atoms with Crippen molar-refractivity contribution in [3.8, 4) is 0 Å². The zero-order chi connectivity index (χ0) is 20.1. The number of nitrogens with zero attached hydrogens (tertiary/aromatic N) is 3. The first-order chi connectivity index (χ1) is 13.4. The monoisotopic (exact) mass is 406 g/mol. The van der Waals surface area contributed by atoms with E-state index in [1.54, 1.807) is 12.1 Å². The van der Waals surface area contributed by atoms with Crippen molar-refractivity contribution in [2.24, 2.45) is 5.10 Å². The van der Waals surface area contributed by atoms with Crippen LogP contribution in [0.4, 0.5) is 15.8 Å². The molecule has 1 fully saturated rings. The van der Waals surface area contributed by atoms with E-state index < -0.39 is 20.8 Å². The average Bonchev–Trinajstić information content (AvgIpc) is 2.70.